The highest BCUT2D eigenvalue weighted by atomic mass is 79.9. The fraction of sp³-hybridized carbons (Fsp3) is 0.111. The molecule has 5 heteroatoms. The molecule has 0 radical (unpaired) electrons. The van der Waals surface area contributed by atoms with Crippen molar-refractivity contribution < 1.29 is 14.6 Å². The van der Waals surface area contributed by atoms with Gasteiger partial charge in [-0.1, -0.05) is 0 Å². The Bertz CT molecular complexity index is 423. The molecule has 0 aromatic heterocycles. The summed E-state index contributed by atoms with van der Waals surface area (Å²) in [6.45, 7) is 0. The van der Waals surface area contributed by atoms with Crippen LogP contribution in [0.1, 0.15) is 15.9 Å². The molecule has 1 aromatic carbocycles. The molecule has 1 rings (SSSR count). The smallest absolute Gasteiger partial charge is 0.342 e. The van der Waals surface area contributed by atoms with Crippen molar-refractivity contribution >= 4 is 21.9 Å². The molecule has 0 spiro atoms. The quantitative estimate of drug-likeness (QED) is 0.778. The standard InChI is InChI=1S/C9H6BrNO3/c1-14-9(13)7-6(10)3-2-5(4-11)8(7)12/h2-3,12H,1H3. The number of aromatic hydroxyl groups is 1. The minimum Gasteiger partial charge on any atom is -0.506 e. The SMILES string of the molecule is COC(=O)c1c(Br)ccc(C#N)c1O. The summed E-state index contributed by atoms with van der Waals surface area (Å²) in [7, 11) is 1.20. The fourth-order valence-electron chi connectivity index (χ4n) is 0.953. The van der Waals surface area contributed by atoms with E-state index in [0.717, 1.165) is 0 Å². The molecule has 0 unspecified atom stereocenters. The van der Waals surface area contributed by atoms with Crippen LogP contribution in [-0.2, 0) is 4.74 Å². The van der Waals surface area contributed by atoms with Crippen LogP contribution in [0.2, 0.25) is 0 Å². The third-order valence-electron chi connectivity index (χ3n) is 1.64. The van der Waals surface area contributed by atoms with Gasteiger partial charge in [-0.25, -0.2) is 4.79 Å². The summed E-state index contributed by atoms with van der Waals surface area (Å²) in [6.07, 6.45) is 0. The van der Waals surface area contributed by atoms with E-state index in [2.05, 4.69) is 20.7 Å². The lowest BCUT2D eigenvalue weighted by atomic mass is 10.1. The van der Waals surface area contributed by atoms with E-state index in [1.54, 1.807) is 6.07 Å². The van der Waals surface area contributed by atoms with Crippen LogP contribution in [0.4, 0.5) is 0 Å². The first-order valence-electron chi connectivity index (χ1n) is 3.61. The second-order valence-corrected chi connectivity index (χ2v) is 3.28. The molecule has 0 saturated carbocycles. The summed E-state index contributed by atoms with van der Waals surface area (Å²) >= 11 is 3.08. The van der Waals surface area contributed by atoms with Gasteiger partial charge in [-0.15, -0.1) is 0 Å². The summed E-state index contributed by atoms with van der Waals surface area (Å²) in [5.74, 6) is -1.06. The Morgan fingerprint density at radius 3 is 2.79 bits per heavy atom. The first-order chi connectivity index (χ1) is 6.61. The topological polar surface area (TPSA) is 70.3 Å². The van der Waals surface area contributed by atoms with Crippen molar-refractivity contribution in [3.8, 4) is 11.8 Å². The molecular formula is C9H6BrNO3. The molecule has 0 atom stereocenters. The summed E-state index contributed by atoms with van der Waals surface area (Å²) in [5, 5.41) is 18.1. The van der Waals surface area contributed by atoms with Gasteiger partial charge in [0.2, 0.25) is 0 Å². The van der Waals surface area contributed by atoms with Crippen molar-refractivity contribution in [2.24, 2.45) is 0 Å². The fourth-order valence-corrected chi connectivity index (χ4v) is 1.43. The van der Waals surface area contributed by atoms with E-state index in [9.17, 15) is 9.90 Å². The Morgan fingerprint density at radius 1 is 1.64 bits per heavy atom. The zero-order valence-electron chi connectivity index (χ0n) is 7.24. The number of hydrogen-bond acceptors (Lipinski definition) is 4. The maximum atomic E-state index is 11.2. The molecule has 0 fully saturated rings. The van der Waals surface area contributed by atoms with Crippen LogP contribution in [0.25, 0.3) is 0 Å². The van der Waals surface area contributed by atoms with Crippen LogP contribution >= 0.6 is 15.9 Å². The summed E-state index contributed by atoms with van der Waals surface area (Å²) < 4.78 is 4.85. The Labute approximate surface area is 88.9 Å². The minimum absolute atomic E-state index is 0.0356. The van der Waals surface area contributed by atoms with Gasteiger partial charge in [0.1, 0.15) is 17.4 Å². The van der Waals surface area contributed by atoms with Gasteiger partial charge in [0, 0.05) is 4.47 Å². The van der Waals surface area contributed by atoms with Crippen molar-refractivity contribution in [3.63, 3.8) is 0 Å². The lowest BCUT2D eigenvalue weighted by Gasteiger charge is -2.05. The predicted molar refractivity (Wildman–Crippen MR) is 51.9 cm³/mol. The van der Waals surface area contributed by atoms with E-state index in [0.29, 0.717) is 4.47 Å². The number of phenolic OH excluding ortho intramolecular Hbond substituents is 1. The number of carbonyl (C=O) groups is 1. The van der Waals surface area contributed by atoms with Gasteiger partial charge in [-0.3, -0.25) is 0 Å². The second kappa shape index (κ2) is 4.11. The van der Waals surface area contributed by atoms with Crippen LogP contribution in [0.15, 0.2) is 16.6 Å². The van der Waals surface area contributed by atoms with Crippen LogP contribution in [0, 0.1) is 11.3 Å². The van der Waals surface area contributed by atoms with Gasteiger partial charge in [-0.2, -0.15) is 5.26 Å². The third-order valence-corrected chi connectivity index (χ3v) is 2.30. The van der Waals surface area contributed by atoms with E-state index in [-0.39, 0.29) is 16.9 Å². The van der Waals surface area contributed by atoms with Gasteiger partial charge >= 0.3 is 5.97 Å². The molecular weight excluding hydrogens is 250 g/mol. The van der Waals surface area contributed by atoms with Crippen molar-refractivity contribution in [2.75, 3.05) is 7.11 Å². The van der Waals surface area contributed by atoms with Gasteiger partial charge in [0.05, 0.1) is 12.7 Å². The minimum atomic E-state index is -0.688. The molecule has 0 aliphatic carbocycles. The molecule has 0 bridgehead atoms. The molecule has 14 heavy (non-hydrogen) atoms. The Morgan fingerprint density at radius 2 is 2.29 bits per heavy atom. The van der Waals surface area contributed by atoms with Crippen LogP contribution in [0.3, 0.4) is 0 Å². The largest absolute Gasteiger partial charge is 0.506 e. The number of nitriles is 1. The molecule has 0 heterocycles. The number of rotatable bonds is 1. The number of methoxy groups -OCH3 is 1. The van der Waals surface area contributed by atoms with E-state index in [4.69, 9.17) is 5.26 Å². The van der Waals surface area contributed by atoms with Gasteiger partial charge in [-0.05, 0) is 28.1 Å². The summed E-state index contributed by atoms with van der Waals surface area (Å²) in [5.41, 5.74) is 0.000139. The van der Waals surface area contributed by atoms with Crippen molar-refractivity contribution in [1.82, 2.24) is 0 Å². The van der Waals surface area contributed by atoms with Crippen molar-refractivity contribution in [2.45, 2.75) is 0 Å². The van der Waals surface area contributed by atoms with E-state index >= 15 is 0 Å². The average Bonchev–Trinajstić information content (AvgIpc) is 2.18. The number of halogens is 1. The lowest BCUT2D eigenvalue weighted by Crippen LogP contribution is -2.03. The monoisotopic (exact) mass is 255 g/mol. The third kappa shape index (κ3) is 1.70. The van der Waals surface area contributed by atoms with Gasteiger partial charge in [0.15, 0.2) is 0 Å². The number of ether oxygens (including phenoxy) is 1. The number of nitrogens with zero attached hydrogens (tertiary/aromatic N) is 1. The van der Waals surface area contributed by atoms with Gasteiger partial charge < -0.3 is 9.84 Å². The Balaban J connectivity index is 3.42. The lowest BCUT2D eigenvalue weighted by molar-refractivity contribution is 0.0596. The second-order valence-electron chi connectivity index (χ2n) is 2.42. The molecule has 1 N–H and O–H groups in total. The van der Waals surface area contributed by atoms with E-state index in [1.165, 1.54) is 19.2 Å². The number of benzene rings is 1. The number of hydrogen-bond donors (Lipinski definition) is 1. The normalized spacial score (nSPS) is 9.21. The first-order valence-corrected chi connectivity index (χ1v) is 4.41. The molecule has 0 saturated heterocycles. The number of esters is 1. The van der Waals surface area contributed by atoms with Crippen LogP contribution in [-0.4, -0.2) is 18.2 Å². The highest BCUT2D eigenvalue weighted by Gasteiger charge is 2.18. The highest BCUT2D eigenvalue weighted by molar-refractivity contribution is 9.10. The highest BCUT2D eigenvalue weighted by Crippen LogP contribution is 2.29. The van der Waals surface area contributed by atoms with Crippen LogP contribution in [0.5, 0.6) is 5.75 Å². The zero-order chi connectivity index (χ0) is 10.7. The van der Waals surface area contributed by atoms with Crippen molar-refractivity contribution in [1.29, 1.82) is 5.26 Å². The summed E-state index contributed by atoms with van der Waals surface area (Å²) in [4.78, 5) is 11.2. The van der Waals surface area contributed by atoms with E-state index < -0.39 is 5.97 Å². The van der Waals surface area contributed by atoms with Gasteiger partial charge in [0.25, 0.3) is 0 Å². The summed E-state index contributed by atoms with van der Waals surface area (Å²) in [6, 6.07) is 4.68. The maximum Gasteiger partial charge on any atom is 0.342 e. The maximum absolute atomic E-state index is 11.2. The predicted octanol–water partition coefficient (Wildman–Crippen LogP) is 1.81. The first kappa shape index (κ1) is 10.5. The molecule has 0 aliphatic heterocycles. The average molecular weight is 256 g/mol. The molecule has 72 valence electrons. The zero-order valence-corrected chi connectivity index (χ0v) is 8.83. The number of carbonyl (C=O) groups excluding carboxylic acids is 1. The van der Waals surface area contributed by atoms with Crippen molar-refractivity contribution in [3.05, 3.63) is 27.7 Å². The Hall–Kier alpha value is -1.54. The number of phenols is 1. The van der Waals surface area contributed by atoms with E-state index in [1.807, 2.05) is 0 Å². The molecule has 0 amide bonds. The molecule has 0 aliphatic rings. The van der Waals surface area contributed by atoms with Crippen LogP contribution < -0.4 is 0 Å². The Kier molecular flexibility index (Phi) is 3.10. The molecule has 1 aromatic rings. The molecule has 4 nitrogen and oxygen atoms in total.